The fraction of sp³-hybridized carbons (Fsp3) is 0.125. The van der Waals surface area contributed by atoms with Gasteiger partial charge in [0, 0.05) is 28.1 Å². The minimum absolute atomic E-state index is 0.147. The van der Waals surface area contributed by atoms with Crippen LogP contribution in [0.4, 0.5) is 4.39 Å². The summed E-state index contributed by atoms with van der Waals surface area (Å²) >= 11 is 13.8. The molecule has 21 heavy (non-hydrogen) atoms. The van der Waals surface area contributed by atoms with Gasteiger partial charge in [-0.25, -0.2) is 4.39 Å². The van der Waals surface area contributed by atoms with Crippen molar-refractivity contribution in [3.05, 3.63) is 68.8 Å². The van der Waals surface area contributed by atoms with Crippen molar-refractivity contribution in [2.24, 2.45) is 0 Å². The summed E-state index contributed by atoms with van der Waals surface area (Å²) in [5.74, 6) is -0.395. The van der Waals surface area contributed by atoms with Crippen molar-refractivity contribution < 1.29 is 4.39 Å². The van der Waals surface area contributed by atoms with Crippen LogP contribution in [-0.2, 0) is 13.1 Å². The van der Waals surface area contributed by atoms with E-state index in [-0.39, 0.29) is 5.02 Å². The smallest absolute Gasteiger partial charge is 0.141 e. The molecule has 0 unspecified atom stereocenters. The Morgan fingerprint density at radius 1 is 1.05 bits per heavy atom. The van der Waals surface area contributed by atoms with Gasteiger partial charge in [0.1, 0.15) is 5.82 Å². The van der Waals surface area contributed by atoms with E-state index in [0.717, 1.165) is 20.8 Å². The maximum absolute atomic E-state index is 13.1. The molecular weight excluding hydrogens is 328 g/mol. The summed E-state index contributed by atoms with van der Waals surface area (Å²) in [6.07, 6.45) is 0. The lowest BCUT2D eigenvalue weighted by Crippen LogP contribution is -2.12. The summed E-state index contributed by atoms with van der Waals surface area (Å²) in [5.41, 5.74) is 0.943. The lowest BCUT2D eigenvalue weighted by Gasteiger charge is -2.05. The molecular formula is C16H12Cl2FNS. The predicted molar refractivity (Wildman–Crippen MR) is 88.8 cm³/mol. The summed E-state index contributed by atoms with van der Waals surface area (Å²) in [4.78, 5) is 1.10. The third-order valence-corrected chi connectivity index (χ3v) is 5.20. The summed E-state index contributed by atoms with van der Waals surface area (Å²) in [6, 6.07) is 12.8. The zero-order valence-corrected chi connectivity index (χ0v) is 13.3. The number of hydrogen-bond acceptors (Lipinski definition) is 2. The van der Waals surface area contributed by atoms with Crippen LogP contribution < -0.4 is 5.32 Å². The Balaban J connectivity index is 1.69. The first kappa shape index (κ1) is 14.8. The van der Waals surface area contributed by atoms with Gasteiger partial charge in [-0.1, -0.05) is 47.5 Å². The highest BCUT2D eigenvalue weighted by atomic mass is 35.5. The summed E-state index contributed by atoms with van der Waals surface area (Å²) in [6.45, 7) is 1.29. The molecule has 1 N–H and O–H groups in total. The van der Waals surface area contributed by atoms with Gasteiger partial charge in [-0.3, -0.25) is 0 Å². The molecule has 1 heterocycles. The van der Waals surface area contributed by atoms with Gasteiger partial charge in [-0.15, -0.1) is 11.3 Å². The van der Waals surface area contributed by atoms with Crippen molar-refractivity contribution in [2.75, 3.05) is 0 Å². The molecule has 2 aromatic carbocycles. The Bertz CT molecular complexity index is 785. The van der Waals surface area contributed by atoms with Crippen LogP contribution in [0, 0.1) is 5.82 Å². The minimum Gasteiger partial charge on any atom is -0.308 e. The maximum atomic E-state index is 13.1. The molecule has 0 saturated heterocycles. The van der Waals surface area contributed by atoms with E-state index in [9.17, 15) is 4.39 Å². The highest BCUT2D eigenvalue weighted by molar-refractivity contribution is 7.19. The van der Waals surface area contributed by atoms with Crippen molar-refractivity contribution in [1.29, 1.82) is 0 Å². The average Bonchev–Trinajstić information content (AvgIpc) is 2.80. The molecule has 108 valence electrons. The van der Waals surface area contributed by atoms with Crippen LogP contribution in [0.15, 0.2) is 42.5 Å². The summed E-state index contributed by atoms with van der Waals surface area (Å²) in [7, 11) is 0. The van der Waals surface area contributed by atoms with Crippen LogP contribution in [0.3, 0.4) is 0 Å². The van der Waals surface area contributed by atoms with Gasteiger partial charge in [-0.05, 0) is 23.8 Å². The van der Waals surface area contributed by atoms with Gasteiger partial charge in [0.2, 0.25) is 0 Å². The zero-order valence-electron chi connectivity index (χ0n) is 11.0. The second-order valence-electron chi connectivity index (χ2n) is 4.69. The minimum atomic E-state index is -0.395. The van der Waals surface area contributed by atoms with Crippen molar-refractivity contribution in [2.45, 2.75) is 13.1 Å². The van der Waals surface area contributed by atoms with Crippen molar-refractivity contribution in [1.82, 2.24) is 5.32 Å². The van der Waals surface area contributed by atoms with E-state index in [0.29, 0.717) is 13.1 Å². The van der Waals surface area contributed by atoms with Crippen LogP contribution in [0.25, 0.3) is 10.1 Å². The number of nitrogens with one attached hydrogen (secondary N) is 1. The SMILES string of the molecule is Fc1ccc(CNCc2sc3ccccc3c2Cl)cc1Cl. The number of benzene rings is 2. The largest absolute Gasteiger partial charge is 0.308 e. The quantitative estimate of drug-likeness (QED) is 0.648. The summed E-state index contributed by atoms with van der Waals surface area (Å²) < 4.78 is 14.3. The van der Waals surface area contributed by atoms with E-state index in [4.69, 9.17) is 23.2 Å². The number of halogens is 3. The predicted octanol–water partition coefficient (Wildman–Crippen LogP) is 5.64. The Hall–Kier alpha value is -1.13. The maximum Gasteiger partial charge on any atom is 0.141 e. The first-order chi connectivity index (χ1) is 10.1. The van der Waals surface area contributed by atoms with E-state index in [2.05, 4.69) is 11.4 Å². The molecule has 0 amide bonds. The van der Waals surface area contributed by atoms with Crippen molar-refractivity contribution >= 4 is 44.6 Å². The second-order valence-corrected chi connectivity index (χ2v) is 6.61. The molecule has 3 rings (SSSR count). The van der Waals surface area contributed by atoms with Crippen LogP contribution in [0.1, 0.15) is 10.4 Å². The highest BCUT2D eigenvalue weighted by Gasteiger charge is 2.09. The van der Waals surface area contributed by atoms with Crippen LogP contribution in [0.5, 0.6) is 0 Å². The fourth-order valence-electron chi connectivity index (χ4n) is 2.15. The molecule has 5 heteroatoms. The Morgan fingerprint density at radius 2 is 1.86 bits per heavy atom. The van der Waals surface area contributed by atoms with Gasteiger partial charge in [0.05, 0.1) is 10.0 Å². The topological polar surface area (TPSA) is 12.0 Å². The Labute approximate surface area is 136 Å². The van der Waals surface area contributed by atoms with E-state index in [1.807, 2.05) is 18.2 Å². The van der Waals surface area contributed by atoms with Gasteiger partial charge < -0.3 is 5.32 Å². The van der Waals surface area contributed by atoms with E-state index in [1.165, 1.54) is 10.8 Å². The third kappa shape index (κ3) is 3.22. The molecule has 0 aliphatic heterocycles. The van der Waals surface area contributed by atoms with Crippen LogP contribution in [-0.4, -0.2) is 0 Å². The van der Waals surface area contributed by atoms with Crippen molar-refractivity contribution in [3.63, 3.8) is 0 Å². The van der Waals surface area contributed by atoms with E-state index in [1.54, 1.807) is 23.5 Å². The van der Waals surface area contributed by atoms with E-state index >= 15 is 0 Å². The van der Waals surface area contributed by atoms with Gasteiger partial charge in [0.15, 0.2) is 0 Å². The molecule has 0 aliphatic rings. The molecule has 0 spiro atoms. The molecule has 0 saturated carbocycles. The second kappa shape index (κ2) is 6.32. The lowest BCUT2D eigenvalue weighted by molar-refractivity contribution is 0.625. The monoisotopic (exact) mass is 339 g/mol. The molecule has 1 aromatic heterocycles. The zero-order chi connectivity index (χ0) is 14.8. The first-order valence-corrected chi connectivity index (χ1v) is 8.03. The van der Waals surface area contributed by atoms with Gasteiger partial charge in [-0.2, -0.15) is 0 Å². The normalized spacial score (nSPS) is 11.2. The molecule has 1 nitrogen and oxygen atoms in total. The molecule has 0 fully saturated rings. The number of fused-ring (bicyclic) bond motifs is 1. The van der Waals surface area contributed by atoms with Gasteiger partial charge >= 0.3 is 0 Å². The van der Waals surface area contributed by atoms with Gasteiger partial charge in [0.25, 0.3) is 0 Å². The van der Waals surface area contributed by atoms with Crippen LogP contribution in [0.2, 0.25) is 10.0 Å². The Kier molecular flexibility index (Phi) is 4.45. The fourth-order valence-corrected chi connectivity index (χ4v) is 3.82. The molecule has 0 aliphatic carbocycles. The first-order valence-electron chi connectivity index (χ1n) is 6.45. The summed E-state index contributed by atoms with van der Waals surface area (Å²) in [5, 5.41) is 5.35. The standard InChI is InChI=1S/C16H12Cl2FNS/c17-12-7-10(5-6-13(12)19)8-20-9-15-16(18)11-3-1-2-4-14(11)21-15/h1-7,20H,8-9H2. The molecule has 0 atom stereocenters. The lowest BCUT2D eigenvalue weighted by atomic mass is 10.2. The Morgan fingerprint density at radius 3 is 2.62 bits per heavy atom. The molecule has 3 aromatic rings. The number of hydrogen-bond donors (Lipinski definition) is 1. The number of thiophene rings is 1. The van der Waals surface area contributed by atoms with E-state index < -0.39 is 5.82 Å². The highest BCUT2D eigenvalue weighted by Crippen LogP contribution is 2.34. The van der Waals surface area contributed by atoms with Crippen LogP contribution >= 0.6 is 34.5 Å². The average molecular weight is 340 g/mol. The van der Waals surface area contributed by atoms with Crippen molar-refractivity contribution in [3.8, 4) is 0 Å². The number of rotatable bonds is 4. The molecule has 0 bridgehead atoms. The third-order valence-electron chi connectivity index (χ3n) is 3.20. The molecule has 0 radical (unpaired) electrons.